The highest BCUT2D eigenvalue weighted by atomic mass is 28.4. The van der Waals surface area contributed by atoms with Crippen LogP contribution >= 0.6 is 0 Å². The van der Waals surface area contributed by atoms with Crippen LogP contribution in [0.15, 0.2) is 11.9 Å². The molecule has 0 heterocycles. The van der Waals surface area contributed by atoms with Crippen LogP contribution in [0, 0.1) is 0 Å². The lowest BCUT2D eigenvalue weighted by Crippen LogP contribution is -2.42. The zero-order chi connectivity index (χ0) is 13.5. The maximum Gasteiger partial charge on any atom is 0.192 e. The average Bonchev–Trinajstić information content (AvgIpc) is 2.23. The SMILES string of the molecule is CCCC(C)(C)[Si](C)(C)OCC/C=C(\F)CN. The van der Waals surface area contributed by atoms with Crippen LogP contribution in [0.4, 0.5) is 4.39 Å². The largest absolute Gasteiger partial charge is 0.417 e. The second-order valence-electron chi connectivity index (χ2n) is 5.64. The van der Waals surface area contributed by atoms with Crippen molar-refractivity contribution in [3.63, 3.8) is 0 Å². The summed E-state index contributed by atoms with van der Waals surface area (Å²) in [6.07, 6.45) is 4.49. The van der Waals surface area contributed by atoms with Gasteiger partial charge in [0.05, 0.1) is 0 Å². The summed E-state index contributed by atoms with van der Waals surface area (Å²) >= 11 is 0. The van der Waals surface area contributed by atoms with E-state index in [4.69, 9.17) is 10.2 Å². The van der Waals surface area contributed by atoms with Crippen LogP contribution in [0.5, 0.6) is 0 Å². The molecule has 0 aromatic rings. The van der Waals surface area contributed by atoms with Crippen LogP contribution < -0.4 is 5.73 Å². The molecule has 0 aliphatic heterocycles. The first-order valence-electron chi connectivity index (χ1n) is 6.45. The third-order valence-electron chi connectivity index (χ3n) is 3.65. The molecule has 0 unspecified atom stereocenters. The summed E-state index contributed by atoms with van der Waals surface area (Å²) in [5.74, 6) is -0.249. The van der Waals surface area contributed by atoms with Gasteiger partial charge in [0.15, 0.2) is 8.32 Å². The van der Waals surface area contributed by atoms with Gasteiger partial charge in [-0.25, -0.2) is 4.39 Å². The predicted molar refractivity (Wildman–Crippen MR) is 75.2 cm³/mol. The summed E-state index contributed by atoms with van der Waals surface area (Å²) in [6, 6.07) is 0. The first kappa shape index (κ1) is 16.8. The summed E-state index contributed by atoms with van der Waals surface area (Å²) in [4.78, 5) is 0. The summed E-state index contributed by atoms with van der Waals surface area (Å²) in [5, 5.41) is 0.262. The van der Waals surface area contributed by atoms with Gasteiger partial charge in [0.1, 0.15) is 5.83 Å². The van der Waals surface area contributed by atoms with Crippen molar-refractivity contribution < 1.29 is 8.82 Å². The van der Waals surface area contributed by atoms with Crippen LogP contribution in [0.1, 0.15) is 40.0 Å². The number of nitrogens with two attached hydrogens (primary N) is 1. The van der Waals surface area contributed by atoms with E-state index in [1.165, 1.54) is 18.9 Å². The fraction of sp³-hybridized carbons (Fsp3) is 0.846. The molecule has 17 heavy (non-hydrogen) atoms. The molecule has 4 heteroatoms. The highest BCUT2D eigenvalue weighted by molar-refractivity contribution is 6.74. The zero-order valence-electron chi connectivity index (χ0n) is 12.0. The van der Waals surface area contributed by atoms with Gasteiger partial charge in [-0.15, -0.1) is 0 Å². The molecular formula is C13H28FNOSi. The number of halogens is 1. The van der Waals surface area contributed by atoms with E-state index in [1.54, 1.807) is 0 Å². The van der Waals surface area contributed by atoms with E-state index in [-0.39, 0.29) is 17.4 Å². The van der Waals surface area contributed by atoms with Crippen molar-refractivity contribution in [1.82, 2.24) is 0 Å². The number of hydrogen-bond donors (Lipinski definition) is 1. The quantitative estimate of drug-likeness (QED) is 0.529. The van der Waals surface area contributed by atoms with E-state index in [0.717, 1.165) is 0 Å². The van der Waals surface area contributed by atoms with Crippen molar-refractivity contribution in [2.75, 3.05) is 13.2 Å². The minimum Gasteiger partial charge on any atom is -0.417 e. The summed E-state index contributed by atoms with van der Waals surface area (Å²) in [5.41, 5.74) is 5.17. The molecule has 0 aromatic carbocycles. The van der Waals surface area contributed by atoms with Crippen molar-refractivity contribution in [2.24, 2.45) is 5.73 Å². The topological polar surface area (TPSA) is 35.2 Å². The minimum atomic E-state index is -1.72. The Bertz CT molecular complexity index is 252. The smallest absolute Gasteiger partial charge is 0.192 e. The third-order valence-corrected chi connectivity index (χ3v) is 8.08. The van der Waals surface area contributed by atoms with Crippen LogP contribution in [-0.2, 0) is 4.43 Å². The van der Waals surface area contributed by atoms with Gasteiger partial charge in [0.2, 0.25) is 0 Å². The molecule has 0 spiro atoms. The number of rotatable bonds is 8. The fourth-order valence-electron chi connectivity index (χ4n) is 1.73. The fourth-order valence-corrected chi connectivity index (χ4v) is 3.61. The average molecular weight is 261 g/mol. The molecule has 2 N–H and O–H groups in total. The number of hydrogen-bond acceptors (Lipinski definition) is 2. The Morgan fingerprint density at radius 3 is 2.47 bits per heavy atom. The van der Waals surface area contributed by atoms with Gasteiger partial charge in [-0.1, -0.05) is 27.2 Å². The van der Waals surface area contributed by atoms with Crippen molar-refractivity contribution in [3.8, 4) is 0 Å². The Morgan fingerprint density at radius 2 is 2.00 bits per heavy atom. The summed E-state index contributed by atoms with van der Waals surface area (Å²) in [7, 11) is -1.72. The van der Waals surface area contributed by atoms with E-state index in [0.29, 0.717) is 13.0 Å². The van der Waals surface area contributed by atoms with Gasteiger partial charge in [-0.05, 0) is 37.0 Å². The molecule has 0 bridgehead atoms. The lowest BCUT2D eigenvalue weighted by Gasteiger charge is -2.39. The molecule has 0 atom stereocenters. The molecule has 0 radical (unpaired) electrons. The molecule has 0 saturated carbocycles. The van der Waals surface area contributed by atoms with Gasteiger partial charge in [-0.3, -0.25) is 0 Å². The predicted octanol–water partition coefficient (Wildman–Crippen LogP) is 3.99. The molecule has 0 aromatic heterocycles. The molecule has 2 nitrogen and oxygen atoms in total. The Kier molecular flexibility index (Phi) is 7.20. The zero-order valence-corrected chi connectivity index (χ0v) is 13.0. The maximum atomic E-state index is 12.8. The Morgan fingerprint density at radius 1 is 1.41 bits per heavy atom. The Labute approximate surface area is 107 Å². The Balaban J connectivity index is 4.18. The lowest BCUT2D eigenvalue weighted by molar-refractivity contribution is 0.285. The van der Waals surface area contributed by atoms with Crippen molar-refractivity contribution in [1.29, 1.82) is 0 Å². The van der Waals surface area contributed by atoms with Crippen LogP contribution in [0.2, 0.25) is 18.1 Å². The van der Waals surface area contributed by atoms with Crippen LogP contribution in [-0.4, -0.2) is 21.5 Å². The lowest BCUT2D eigenvalue weighted by atomic mass is 10.1. The highest BCUT2D eigenvalue weighted by Crippen LogP contribution is 2.41. The molecule has 102 valence electrons. The van der Waals surface area contributed by atoms with Gasteiger partial charge >= 0.3 is 0 Å². The molecule has 0 rings (SSSR count). The van der Waals surface area contributed by atoms with Crippen molar-refractivity contribution >= 4 is 8.32 Å². The molecule has 0 saturated heterocycles. The second kappa shape index (κ2) is 7.29. The molecular weight excluding hydrogens is 233 g/mol. The monoisotopic (exact) mass is 261 g/mol. The highest BCUT2D eigenvalue weighted by Gasteiger charge is 2.39. The first-order chi connectivity index (χ1) is 7.77. The van der Waals surface area contributed by atoms with Gasteiger partial charge < -0.3 is 10.2 Å². The third kappa shape index (κ3) is 5.79. The molecule has 0 aliphatic carbocycles. The van der Waals surface area contributed by atoms with E-state index >= 15 is 0 Å². The molecule has 0 fully saturated rings. The van der Waals surface area contributed by atoms with Crippen molar-refractivity contribution in [3.05, 3.63) is 11.9 Å². The van der Waals surface area contributed by atoms with Crippen LogP contribution in [0.3, 0.4) is 0 Å². The van der Waals surface area contributed by atoms with E-state index in [2.05, 4.69) is 33.9 Å². The van der Waals surface area contributed by atoms with E-state index in [9.17, 15) is 4.39 Å². The second-order valence-corrected chi connectivity index (χ2v) is 10.3. The van der Waals surface area contributed by atoms with Gasteiger partial charge in [-0.2, -0.15) is 0 Å². The van der Waals surface area contributed by atoms with Gasteiger partial charge in [0, 0.05) is 13.2 Å². The molecule has 0 amide bonds. The van der Waals surface area contributed by atoms with Crippen LogP contribution in [0.25, 0.3) is 0 Å². The molecule has 0 aliphatic rings. The van der Waals surface area contributed by atoms with Crippen molar-refractivity contribution in [2.45, 2.75) is 58.2 Å². The Hall–Kier alpha value is -0.193. The summed E-state index contributed by atoms with van der Waals surface area (Å²) in [6.45, 7) is 11.8. The van der Waals surface area contributed by atoms with Gasteiger partial charge in [0.25, 0.3) is 0 Å². The summed E-state index contributed by atoms with van der Waals surface area (Å²) < 4.78 is 18.8. The van der Waals surface area contributed by atoms with E-state index < -0.39 is 8.32 Å². The minimum absolute atomic E-state index is 0.0118. The van der Waals surface area contributed by atoms with E-state index in [1.807, 2.05) is 0 Å². The normalized spacial score (nSPS) is 14.2. The maximum absolute atomic E-state index is 12.8. The standard InChI is InChI=1S/C13H28FNOSi/c1-6-9-13(2,3)17(4,5)16-10-7-8-12(14)11-15/h8H,6-7,9-11,15H2,1-5H3/b12-8-. The first-order valence-corrected chi connectivity index (χ1v) is 9.36.